The number of nitrogens with one attached hydrogen (secondary N) is 1. The fourth-order valence-electron chi connectivity index (χ4n) is 2.39. The summed E-state index contributed by atoms with van der Waals surface area (Å²) in [7, 11) is 4.03. The van der Waals surface area contributed by atoms with E-state index in [1.165, 1.54) is 0 Å². The summed E-state index contributed by atoms with van der Waals surface area (Å²) in [6, 6.07) is 8.15. The van der Waals surface area contributed by atoms with Gasteiger partial charge in [-0.1, -0.05) is 0 Å². The van der Waals surface area contributed by atoms with Gasteiger partial charge >= 0.3 is 0 Å². The van der Waals surface area contributed by atoms with E-state index in [9.17, 15) is 0 Å². The van der Waals surface area contributed by atoms with E-state index in [4.69, 9.17) is 10.6 Å². The highest BCUT2D eigenvalue weighted by atomic mass is 16.5. The van der Waals surface area contributed by atoms with Gasteiger partial charge in [0.15, 0.2) is 5.82 Å². The Morgan fingerprint density at radius 3 is 2.62 bits per heavy atom. The largest absolute Gasteiger partial charge is 0.378 e. The van der Waals surface area contributed by atoms with Crippen molar-refractivity contribution in [3.63, 3.8) is 0 Å². The summed E-state index contributed by atoms with van der Waals surface area (Å²) in [5.74, 6) is 6.92. The van der Waals surface area contributed by atoms with E-state index >= 15 is 0 Å². The van der Waals surface area contributed by atoms with Crippen LogP contribution in [0, 0.1) is 0 Å². The molecule has 6 heteroatoms. The Kier molecular flexibility index (Phi) is 3.72. The zero-order valence-electron chi connectivity index (χ0n) is 12.3. The van der Waals surface area contributed by atoms with Gasteiger partial charge in [-0.05, 0) is 24.3 Å². The molecule has 3 N–H and O–H groups in total. The Bertz CT molecular complexity index is 622. The Labute approximate surface area is 123 Å². The average molecular weight is 285 g/mol. The number of nitrogens with two attached hydrogens (primary N) is 1. The molecular formula is C15H19N5O. The molecule has 0 atom stereocenters. The lowest BCUT2D eigenvalue weighted by Crippen LogP contribution is -2.19. The van der Waals surface area contributed by atoms with Crippen molar-refractivity contribution in [3.8, 4) is 11.4 Å². The van der Waals surface area contributed by atoms with E-state index in [0.29, 0.717) is 24.9 Å². The number of nitrogens with zero attached hydrogens (tertiary/aromatic N) is 3. The molecule has 0 unspecified atom stereocenters. The van der Waals surface area contributed by atoms with Crippen molar-refractivity contribution in [2.24, 2.45) is 5.84 Å². The van der Waals surface area contributed by atoms with Crippen LogP contribution in [-0.4, -0.2) is 30.7 Å². The number of hydrazine groups is 1. The van der Waals surface area contributed by atoms with E-state index in [2.05, 4.69) is 32.4 Å². The first kappa shape index (κ1) is 13.8. The third kappa shape index (κ3) is 2.68. The lowest BCUT2D eigenvalue weighted by atomic mass is 10.1. The van der Waals surface area contributed by atoms with Gasteiger partial charge in [-0.3, -0.25) is 0 Å². The van der Waals surface area contributed by atoms with Gasteiger partial charge in [0.25, 0.3) is 0 Å². The molecule has 2 aromatic rings. The Morgan fingerprint density at radius 1 is 1.19 bits per heavy atom. The lowest BCUT2D eigenvalue weighted by molar-refractivity contribution is 0.109. The fourth-order valence-corrected chi connectivity index (χ4v) is 2.39. The van der Waals surface area contributed by atoms with Crippen LogP contribution in [0.1, 0.15) is 11.3 Å². The second kappa shape index (κ2) is 5.67. The molecule has 1 aliphatic heterocycles. The van der Waals surface area contributed by atoms with Crippen LogP contribution in [0.15, 0.2) is 24.3 Å². The number of nitrogen functional groups attached to an aromatic ring is 1. The molecule has 0 bridgehead atoms. The summed E-state index contributed by atoms with van der Waals surface area (Å²) < 4.78 is 5.45. The molecule has 0 spiro atoms. The van der Waals surface area contributed by atoms with Crippen LogP contribution in [-0.2, 0) is 17.8 Å². The molecule has 1 aromatic carbocycles. The van der Waals surface area contributed by atoms with Crippen molar-refractivity contribution in [3.05, 3.63) is 35.5 Å². The van der Waals surface area contributed by atoms with Crippen LogP contribution < -0.4 is 16.2 Å². The summed E-state index contributed by atoms with van der Waals surface area (Å²) in [6.45, 7) is 1.20. The smallest absolute Gasteiger partial charge is 0.161 e. The second-order valence-electron chi connectivity index (χ2n) is 5.21. The first-order valence-corrected chi connectivity index (χ1v) is 6.91. The topological polar surface area (TPSA) is 76.3 Å². The number of hydrogen-bond donors (Lipinski definition) is 2. The first-order valence-electron chi connectivity index (χ1n) is 6.91. The van der Waals surface area contributed by atoms with Crippen LogP contribution in [0.3, 0.4) is 0 Å². The molecule has 2 heterocycles. The third-order valence-electron chi connectivity index (χ3n) is 3.60. The van der Waals surface area contributed by atoms with Gasteiger partial charge in [0, 0.05) is 37.3 Å². The molecule has 0 amide bonds. The molecule has 110 valence electrons. The minimum atomic E-state index is 0.509. The van der Waals surface area contributed by atoms with E-state index < -0.39 is 0 Å². The van der Waals surface area contributed by atoms with Gasteiger partial charge < -0.3 is 15.1 Å². The monoisotopic (exact) mass is 285 g/mol. The molecule has 1 aromatic heterocycles. The molecule has 1 aliphatic rings. The van der Waals surface area contributed by atoms with Crippen molar-refractivity contribution >= 4 is 11.5 Å². The molecular weight excluding hydrogens is 266 g/mol. The number of ether oxygens (including phenoxy) is 1. The fraction of sp³-hybridized carbons (Fsp3) is 0.333. The zero-order chi connectivity index (χ0) is 14.8. The molecule has 0 fully saturated rings. The minimum Gasteiger partial charge on any atom is -0.378 e. The quantitative estimate of drug-likeness (QED) is 0.658. The van der Waals surface area contributed by atoms with Gasteiger partial charge in [-0.2, -0.15) is 0 Å². The average Bonchev–Trinajstić information content (AvgIpc) is 2.53. The van der Waals surface area contributed by atoms with Gasteiger partial charge in [-0.25, -0.2) is 15.8 Å². The van der Waals surface area contributed by atoms with Crippen molar-refractivity contribution in [2.75, 3.05) is 31.0 Å². The molecule has 21 heavy (non-hydrogen) atoms. The summed E-state index contributed by atoms with van der Waals surface area (Å²) in [5.41, 5.74) is 6.74. The van der Waals surface area contributed by atoms with E-state index in [-0.39, 0.29) is 0 Å². The van der Waals surface area contributed by atoms with E-state index in [0.717, 1.165) is 28.9 Å². The van der Waals surface area contributed by atoms with Gasteiger partial charge in [0.2, 0.25) is 0 Å². The number of anilines is 2. The van der Waals surface area contributed by atoms with Crippen LogP contribution in [0.4, 0.5) is 11.5 Å². The molecule has 0 saturated heterocycles. The number of benzene rings is 1. The van der Waals surface area contributed by atoms with Gasteiger partial charge in [0.05, 0.1) is 18.9 Å². The summed E-state index contributed by atoms with van der Waals surface area (Å²) >= 11 is 0. The maximum Gasteiger partial charge on any atom is 0.161 e. The highest BCUT2D eigenvalue weighted by Crippen LogP contribution is 2.26. The second-order valence-corrected chi connectivity index (χ2v) is 5.21. The molecule has 3 rings (SSSR count). The maximum atomic E-state index is 5.58. The number of hydrogen-bond acceptors (Lipinski definition) is 6. The molecule has 0 radical (unpaired) electrons. The number of aromatic nitrogens is 2. The third-order valence-corrected chi connectivity index (χ3v) is 3.60. The Morgan fingerprint density at radius 2 is 1.95 bits per heavy atom. The SMILES string of the molecule is CN(C)c1ccc(-c2nc3c(c(NN)n2)COCC3)cc1. The number of rotatable bonds is 3. The van der Waals surface area contributed by atoms with Crippen molar-refractivity contribution in [1.82, 2.24) is 9.97 Å². The van der Waals surface area contributed by atoms with E-state index in [1.807, 2.05) is 26.2 Å². The standard InChI is InChI=1S/C15H19N5O/c1-20(2)11-5-3-10(4-6-11)14-17-13-7-8-21-9-12(13)15(18-14)19-16/h3-6H,7-9,16H2,1-2H3,(H,17,18,19). The highest BCUT2D eigenvalue weighted by molar-refractivity contribution is 5.63. The Balaban J connectivity index is 2.02. The molecule has 0 aliphatic carbocycles. The first-order chi connectivity index (χ1) is 10.2. The van der Waals surface area contributed by atoms with Crippen LogP contribution in [0.2, 0.25) is 0 Å². The molecule has 6 nitrogen and oxygen atoms in total. The lowest BCUT2D eigenvalue weighted by Gasteiger charge is -2.19. The predicted molar refractivity (Wildman–Crippen MR) is 83.0 cm³/mol. The van der Waals surface area contributed by atoms with Crippen molar-refractivity contribution in [1.29, 1.82) is 0 Å². The van der Waals surface area contributed by atoms with Crippen molar-refractivity contribution in [2.45, 2.75) is 13.0 Å². The van der Waals surface area contributed by atoms with Crippen LogP contribution in [0.25, 0.3) is 11.4 Å². The highest BCUT2D eigenvalue weighted by Gasteiger charge is 2.18. The van der Waals surface area contributed by atoms with Crippen LogP contribution in [0.5, 0.6) is 0 Å². The summed E-state index contributed by atoms with van der Waals surface area (Å²) in [6.07, 6.45) is 0.787. The summed E-state index contributed by atoms with van der Waals surface area (Å²) in [4.78, 5) is 11.2. The minimum absolute atomic E-state index is 0.509. The summed E-state index contributed by atoms with van der Waals surface area (Å²) in [5, 5.41) is 0. The Hall–Kier alpha value is -2.18. The van der Waals surface area contributed by atoms with E-state index in [1.54, 1.807) is 0 Å². The van der Waals surface area contributed by atoms with Gasteiger partial charge in [-0.15, -0.1) is 0 Å². The van der Waals surface area contributed by atoms with Crippen LogP contribution >= 0.6 is 0 Å². The predicted octanol–water partition coefficient (Wildman–Crippen LogP) is 1.57. The number of fused-ring (bicyclic) bond motifs is 1. The molecule has 0 saturated carbocycles. The maximum absolute atomic E-state index is 5.58. The van der Waals surface area contributed by atoms with Crippen molar-refractivity contribution < 1.29 is 4.74 Å². The zero-order valence-corrected chi connectivity index (χ0v) is 12.3. The normalized spacial score (nSPS) is 13.7. The van der Waals surface area contributed by atoms with Gasteiger partial charge in [0.1, 0.15) is 5.82 Å².